The lowest BCUT2D eigenvalue weighted by Gasteiger charge is -2.04. The Labute approximate surface area is 98.0 Å². The standard InChI is InChI=1S/C11H13NO3S/c1-16-6-5-12-10(13)8-3-2-4-9(7-8)11(14)15/h2-4,7H,5-6H2,1H3,(H,12,13)(H,14,15). The molecular weight excluding hydrogens is 226 g/mol. The highest BCUT2D eigenvalue weighted by Gasteiger charge is 2.08. The Balaban J connectivity index is 2.68. The number of carbonyl (C=O) groups excluding carboxylic acids is 1. The summed E-state index contributed by atoms with van der Waals surface area (Å²) >= 11 is 1.64. The molecule has 0 aromatic heterocycles. The van der Waals surface area contributed by atoms with Gasteiger partial charge in [0.25, 0.3) is 5.91 Å². The van der Waals surface area contributed by atoms with E-state index in [1.54, 1.807) is 23.9 Å². The van der Waals surface area contributed by atoms with Crippen molar-refractivity contribution in [2.24, 2.45) is 0 Å². The van der Waals surface area contributed by atoms with E-state index < -0.39 is 5.97 Å². The van der Waals surface area contributed by atoms with Crippen LogP contribution in [0.3, 0.4) is 0 Å². The van der Waals surface area contributed by atoms with Gasteiger partial charge in [0.1, 0.15) is 0 Å². The third-order valence-corrected chi connectivity index (χ3v) is 2.58. The van der Waals surface area contributed by atoms with Crippen LogP contribution in [-0.2, 0) is 0 Å². The number of amides is 1. The molecule has 2 N–H and O–H groups in total. The van der Waals surface area contributed by atoms with Crippen molar-refractivity contribution >= 4 is 23.6 Å². The molecule has 1 aromatic carbocycles. The van der Waals surface area contributed by atoms with Crippen molar-refractivity contribution in [2.45, 2.75) is 0 Å². The molecule has 0 aliphatic rings. The molecule has 0 aliphatic heterocycles. The second-order valence-corrected chi connectivity index (χ2v) is 4.12. The van der Waals surface area contributed by atoms with Crippen molar-refractivity contribution in [3.63, 3.8) is 0 Å². The van der Waals surface area contributed by atoms with Gasteiger partial charge in [-0.25, -0.2) is 4.79 Å². The van der Waals surface area contributed by atoms with Crippen LogP contribution in [0.5, 0.6) is 0 Å². The minimum atomic E-state index is -1.03. The maximum absolute atomic E-state index is 11.6. The summed E-state index contributed by atoms with van der Waals surface area (Å²) in [6.07, 6.45) is 1.96. The number of hydrogen-bond donors (Lipinski definition) is 2. The predicted octanol–water partition coefficient (Wildman–Crippen LogP) is 1.48. The number of carboxylic acids is 1. The van der Waals surface area contributed by atoms with Gasteiger partial charge in [0.2, 0.25) is 0 Å². The van der Waals surface area contributed by atoms with Crippen LogP contribution in [0.25, 0.3) is 0 Å². The molecule has 0 saturated heterocycles. The molecule has 0 bridgehead atoms. The Kier molecular flexibility index (Phi) is 4.85. The van der Waals surface area contributed by atoms with Crippen LogP contribution in [0.15, 0.2) is 24.3 Å². The first-order valence-corrected chi connectivity index (χ1v) is 6.15. The lowest BCUT2D eigenvalue weighted by atomic mass is 10.1. The van der Waals surface area contributed by atoms with Crippen molar-refractivity contribution in [2.75, 3.05) is 18.6 Å². The number of thioether (sulfide) groups is 1. The summed E-state index contributed by atoms with van der Waals surface area (Å²) < 4.78 is 0. The van der Waals surface area contributed by atoms with Gasteiger partial charge >= 0.3 is 5.97 Å². The van der Waals surface area contributed by atoms with Crippen LogP contribution < -0.4 is 5.32 Å². The van der Waals surface area contributed by atoms with Gasteiger partial charge < -0.3 is 10.4 Å². The van der Waals surface area contributed by atoms with E-state index in [-0.39, 0.29) is 11.5 Å². The number of hydrogen-bond acceptors (Lipinski definition) is 3. The predicted molar refractivity (Wildman–Crippen MR) is 64.1 cm³/mol. The number of carbonyl (C=O) groups is 2. The van der Waals surface area contributed by atoms with E-state index in [1.807, 2.05) is 6.26 Å². The smallest absolute Gasteiger partial charge is 0.335 e. The first-order valence-electron chi connectivity index (χ1n) is 4.75. The lowest BCUT2D eigenvalue weighted by molar-refractivity contribution is 0.0697. The molecular formula is C11H13NO3S. The topological polar surface area (TPSA) is 66.4 Å². The van der Waals surface area contributed by atoms with E-state index in [1.165, 1.54) is 12.1 Å². The summed E-state index contributed by atoms with van der Waals surface area (Å²) in [5.41, 5.74) is 0.499. The molecule has 0 atom stereocenters. The number of aromatic carboxylic acids is 1. The van der Waals surface area contributed by atoms with Gasteiger partial charge in [-0.3, -0.25) is 4.79 Å². The molecule has 0 heterocycles. The molecule has 0 aliphatic carbocycles. The average Bonchev–Trinajstić information content (AvgIpc) is 2.29. The van der Waals surface area contributed by atoms with E-state index in [0.29, 0.717) is 12.1 Å². The molecule has 4 nitrogen and oxygen atoms in total. The fraction of sp³-hybridized carbons (Fsp3) is 0.273. The van der Waals surface area contributed by atoms with Gasteiger partial charge in [0.15, 0.2) is 0 Å². The first-order chi connectivity index (χ1) is 7.65. The minimum Gasteiger partial charge on any atom is -0.478 e. The van der Waals surface area contributed by atoms with Gasteiger partial charge in [-0.05, 0) is 24.5 Å². The molecule has 5 heteroatoms. The minimum absolute atomic E-state index is 0.123. The van der Waals surface area contributed by atoms with E-state index in [4.69, 9.17) is 5.11 Å². The molecule has 86 valence electrons. The maximum Gasteiger partial charge on any atom is 0.335 e. The van der Waals surface area contributed by atoms with Crippen LogP contribution in [0.2, 0.25) is 0 Å². The van der Waals surface area contributed by atoms with Gasteiger partial charge in [-0.15, -0.1) is 0 Å². The van der Waals surface area contributed by atoms with Crippen LogP contribution in [0, 0.1) is 0 Å². The number of benzene rings is 1. The van der Waals surface area contributed by atoms with Gasteiger partial charge in [-0.1, -0.05) is 6.07 Å². The summed E-state index contributed by atoms with van der Waals surface area (Å²) in [6.45, 7) is 0.581. The normalized spacial score (nSPS) is 9.81. The molecule has 0 unspecified atom stereocenters. The van der Waals surface area contributed by atoms with Crippen molar-refractivity contribution in [3.8, 4) is 0 Å². The number of nitrogens with one attached hydrogen (secondary N) is 1. The molecule has 0 spiro atoms. The number of rotatable bonds is 5. The van der Waals surface area contributed by atoms with Crippen molar-refractivity contribution in [3.05, 3.63) is 35.4 Å². The Morgan fingerprint density at radius 3 is 2.69 bits per heavy atom. The monoisotopic (exact) mass is 239 g/mol. The Bertz CT molecular complexity index is 393. The summed E-state index contributed by atoms with van der Waals surface area (Å²) in [4.78, 5) is 22.3. The second kappa shape index (κ2) is 6.17. The Hall–Kier alpha value is -1.49. The molecule has 1 rings (SSSR count). The molecule has 16 heavy (non-hydrogen) atoms. The van der Waals surface area contributed by atoms with Crippen molar-refractivity contribution in [1.29, 1.82) is 0 Å². The summed E-state index contributed by atoms with van der Waals surface area (Å²) in [6, 6.07) is 5.99. The number of carboxylic acid groups (broad SMARTS) is 1. The van der Waals surface area contributed by atoms with Gasteiger partial charge in [-0.2, -0.15) is 11.8 Å². The zero-order valence-electron chi connectivity index (χ0n) is 8.90. The fourth-order valence-electron chi connectivity index (χ4n) is 1.16. The molecule has 1 aromatic rings. The highest BCUT2D eigenvalue weighted by molar-refractivity contribution is 7.98. The Morgan fingerprint density at radius 2 is 2.06 bits per heavy atom. The summed E-state index contributed by atoms with van der Waals surface area (Å²) in [5, 5.41) is 11.5. The van der Waals surface area contributed by atoms with E-state index >= 15 is 0 Å². The molecule has 0 saturated carbocycles. The highest BCUT2D eigenvalue weighted by Crippen LogP contribution is 2.05. The van der Waals surface area contributed by atoms with Gasteiger partial charge in [0, 0.05) is 17.9 Å². The maximum atomic E-state index is 11.6. The molecule has 1 amide bonds. The third kappa shape index (κ3) is 3.58. The average molecular weight is 239 g/mol. The Morgan fingerprint density at radius 1 is 1.38 bits per heavy atom. The zero-order chi connectivity index (χ0) is 12.0. The van der Waals surface area contributed by atoms with E-state index in [2.05, 4.69) is 5.32 Å². The van der Waals surface area contributed by atoms with Crippen LogP contribution in [0.4, 0.5) is 0 Å². The second-order valence-electron chi connectivity index (χ2n) is 3.13. The van der Waals surface area contributed by atoms with Gasteiger partial charge in [0.05, 0.1) is 5.56 Å². The largest absolute Gasteiger partial charge is 0.478 e. The van der Waals surface area contributed by atoms with Crippen LogP contribution in [-0.4, -0.2) is 35.5 Å². The first kappa shape index (κ1) is 12.6. The van der Waals surface area contributed by atoms with Crippen molar-refractivity contribution in [1.82, 2.24) is 5.32 Å². The zero-order valence-corrected chi connectivity index (χ0v) is 9.71. The van der Waals surface area contributed by atoms with E-state index in [9.17, 15) is 9.59 Å². The van der Waals surface area contributed by atoms with E-state index in [0.717, 1.165) is 5.75 Å². The fourth-order valence-corrected chi connectivity index (χ4v) is 1.47. The SMILES string of the molecule is CSCCNC(=O)c1cccc(C(=O)O)c1. The van der Waals surface area contributed by atoms with Crippen LogP contribution in [0.1, 0.15) is 20.7 Å². The summed E-state index contributed by atoms with van der Waals surface area (Å²) in [7, 11) is 0. The highest BCUT2D eigenvalue weighted by atomic mass is 32.2. The molecule has 0 fully saturated rings. The summed E-state index contributed by atoms with van der Waals surface area (Å²) in [5.74, 6) is -0.430. The van der Waals surface area contributed by atoms with Crippen molar-refractivity contribution < 1.29 is 14.7 Å². The quantitative estimate of drug-likeness (QED) is 0.764. The molecule has 0 radical (unpaired) electrons. The lowest BCUT2D eigenvalue weighted by Crippen LogP contribution is -2.25. The van der Waals surface area contributed by atoms with Crippen LogP contribution >= 0.6 is 11.8 Å². The third-order valence-electron chi connectivity index (χ3n) is 1.96.